The summed E-state index contributed by atoms with van der Waals surface area (Å²) in [6, 6.07) is 7.92. The van der Waals surface area contributed by atoms with Gasteiger partial charge in [0.1, 0.15) is 5.76 Å². The van der Waals surface area contributed by atoms with Crippen LogP contribution in [0.4, 0.5) is 0 Å². The van der Waals surface area contributed by atoms with Gasteiger partial charge in [0.05, 0.1) is 18.7 Å². The standard InChI is InChI=1S/C19H25N3O2/c1-15(16-5-3-9-20-13-16)19(23)22(14-18-6-4-12-24-18)17-7-10-21(2)11-8-17/h3-6,9,12-13,15,17H,7-8,10-11,14H2,1-2H3/t15-/m0/s1. The van der Waals surface area contributed by atoms with Crippen LogP contribution in [0.5, 0.6) is 0 Å². The maximum absolute atomic E-state index is 13.2. The van der Waals surface area contributed by atoms with E-state index in [-0.39, 0.29) is 17.9 Å². The number of likely N-dealkylation sites (tertiary alicyclic amines) is 1. The third-order valence-corrected chi connectivity index (χ3v) is 4.87. The van der Waals surface area contributed by atoms with Crippen LogP contribution in [0.2, 0.25) is 0 Å². The van der Waals surface area contributed by atoms with Crippen molar-refractivity contribution in [2.24, 2.45) is 0 Å². The fraction of sp³-hybridized carbons (Fsp3) is 0.474. The second kappa shape index (κ2) is 7.62. The van der Waals surface area contributed by atoms with Gasteiger partial charge in [-0.15, -0.1) is 0 Å². The van der Waals surface area contributed by atoms with E-state index in [4.69, 9.17) is 4.42 Å². The number of nitrogens with zero attached hydrogens (tertiary/aromatic N) is 3. The zero-order chi connectivity index (χ0) is 16.9. The van der Waals surface area contributed by atoms with E-state index < -0.39 is 0 Å². The molecule has 5 heteroatoms. The summed E-state index contributed by atoms with van der Waals surface area (Å²) in [5, 5.41) is 0. The Bertz CT molecular complexity index is 634. The van der Waals surface area contributed by atoms with Gasteiger partial charge in [0, 0.05) is 18.4 Å². The third kappa shape index (κ3) is 3.85. The van der Waals surface area contributed by atoms with Crippen molar-refractivity contribution in [3.8, 4) is 0 Å². The van der Waals surface area contributed by atoms with Crippen LogP contribution in [0.1, 0.15) is 37.0 Å². The Morgan fingerprint density at radius 2 is 2.17 bits per heavy atom. The summed E-state index contributed by atoms with van der Waals surface area (Å²) in [4.78, 5) is 21.7. The number of hydrogen-bond donors (Lipinski definition) is 0. The molecule has 2 aromatic rings. The topological polar surface area (TPSA) is 49.6 Å². The average Bonchev–Trinajstić information content (AvgIpc) is 3.13. The number of carbonyl (C=O) groups is 1. The number of pyridine rings is 1. The molecule has 0 unspecified atom stereocenters. The Labute approximate surface area is 143 Å². The number of hydrogen-bond acceptors (Lipinski definition) is 4. The van der Waals surface area contributed by atoms with Crippen LogP contribution in [0, 0.1) is 0 Å². The largest absolute Gasteiger partial charge is 0.467 e. The normalized spacial score (nSPS) is 17.6. The molecule has 0 aromatic carbocycles. The van der Waals surface area contributed by atoms with Crippen LogP contribution < -0.4 is 0 Å². The van der Waals surface area contributed by atoms with Crippen molar-refractivity contribution in [2.75, 3.05) is 20.1 Å². The number of piperidine rings is 1. The molecule has 2 aromatic heterocycles. The summed E-state index contributed by atoms with van der Waals surface area (Å²) in [6.45, 7) is 4.54. The number of furan rings is 1. The van der Waals surface area contributed by atoms with E-state index in [1.165, 1.54) is 0 Å². The highest BCUT2D eigenvalue weighted by Crippen LogP contribution is 2.24. The molecule has 0 bridgehead atoms. The van der Waals surface area contributed by atoms with Crippen molar-refractivity contribution in [1.29, 1.82) is 0 Å². The van der Waals surface area contributed by atoms with Crippen LogP contribution in [0.3, 0.4) is 0 Å². The second-order valence-corrected chi connectivity index (χ2v) is 6.59. The summed E-state index contributed by atoms with van der Waals surface area (Å²) in [5.74, 6) is 0.780. The van der Waals surface area contributed by atoms with Gasteiger partial charge in [0.15, 0.2) is 0 Å². The Balaban J connectivity index is 1.79. The summed E-state index contributed by atoms with van der Waals surface area (Å²) >= 11 is 0. The zero-order valence-corrected chi connectivity index (χ0v) is 14.4. The molecular formula is C19H25N3O2. The van der Waals surface area contributed by atoms with Gasteiger partial charge < -0.3 is 14.2 Å². The monoisotopic (exact) mass is 327 g/mol. The first-order valence-electron chi connectivity index (χ1n) is 8.56. The van der Waals surface area contributed by atoms with Crippen molar-refractivity contribution in [2.45, 2.75) is 38.3 Å². The predicted octanol–water partition coefficient (Wildman–Crippen LogP) is 2.90. The van der Waals surface area contributed by atoms with Crippen molar-refractivity contribution in [3.63, 3.8) is 0 Å². The molecule has 3 rings (SSSR count). The smallest absolute Gasteiger partial charge is 0.230 e. The lowest BCUT2D eigenvalue weighted by Crippen LogP contribution is -2.47. The van der Waals surface area contributed by atoms with Gasteiger partial charge in [-0.3, -0.25) is 9.78 Å². The summed E-state index contributed by atoms with van der Waals surface area (Å²) < 4.78 is 5.49. The molecule has 1 atom stereocenters. The third-order valence-electron chi connectivity index (χ3n) is 4.87. The molecule has 1 aliphatic rings. The second-order valence-electron chi connectivity index (χ2n) is 6.59. The average molecular weight is 327 g/mol. The molecule has 1 aliphatic heterocycles. The fourth-order valence-corrected chi connectivity index (χ4v) is 3.29. The molecule has 0 saturated carbocycles. The maximum Gasteiger partial charge on any atom is 0.230 e. The van der Waals surface area contributed by atoms with Gasteiger partial charge >= 0.3 is 0 Å². The van der Waals surface area contributed by atoms with E-state index in [2.05, 4.69) is 16.9 Å². The Morgan fingerprint density at radius 3 is 2.79 bits per heavy atom. The van der Waals surface area contributed by atoms with Crippen LogP contribution >= 0.6 is 0 Å². The lowest BCUT2D eigenvalue weighted by atomic mass is 9.97. The molecule has 5 nitrogen and oxygen atoms in total. The molecule has 1 fully saturated rings. The molecule has 0 radical (unpaired) electrons. The van der Waals surface area contributed by atoms with Gasteiger partial charge in [-0.25, -0.2) is 0 Å². The molecule has 0 spiro atoms. The Morgan fingerprint density at radius 1 is 1.38 bits per heavy atom. The van der Waals surface area contributed by atoms with Crippen LogP contribution in [-0.4, -0.2) is 46.9 Å². The number of aromatic nitrogens is 1. The van der Waals surface area contributed by atoms with E-state index in [9.17, 15) is 4.79 Å². The number of rotatable bonds is 5. The van der Waals surface area contributed by atoms with E-state index in [1.54, 1.807) is 18.7 Å². The zero-order valence-electron chi connectivity index (χ0n) is 14.4. The van der Waals surface area contributed by atoms with Crippen molar-refractivity contribution in [1.82, 2.24) is 14.8 Å². The van der Waals surface area contributed by atoms with E-state index in [0.29, 0.717) is 6.54 Å². The Hall–Kier alpha value is -2.14. The highest BCUT2D eigenvalue weighted by molar-refractivity contribution is 5.83. The molecule has 0 aliphatic carbocycles. The summed E-state index contributed by atoms with van der Waals surface area (Å²) in [6.07, 6.45) is 7.18. The quantitative estimate of drug-likeness (QED) is 0.847. The fourth-order valence-electron chi connectivity index (χ4n) is 3.29. The van der Waals surface area contributed by atoms with E-state index in [0.717, 1.165) is 37.3 Å². The van der Waals surface area contributed by atoms with Crippen LogP contribution in [0.15, 0.2) is 47.3 Å². The van der Waals surface area contributed by atoms with Crippen molar-refractivity contribution >= 4 is 5.91 Å². The maximum atomic E-state index is 13.2. The van der Waals surface area contributed by atoms with Gasteiger partial charge in [0.25, 0.3) is 0 Å². The summed E-state index contributed by atoms with van der Waals surface area (Å²) in [5.41, 5.74) is 0.958. The van der Waals surface area contributed by atoms with Crippen LogP contribution in [0.25, 0.3) is 0 Å². The van der Waals surface area contributed by atoms with Gasteiger partial charge in [-0.2, -0.15) is 0 Å². The SMILES string of the molecule is C[C@H](C(=O)N(Cc1ccco1)C1CCN(C)CC1)c1cccnc1. The highest BCUT2D eigenvalue weighted by atomic mass is 16.3. The lowest BCUT2D eigenvalue weighted by Gasteiger charge is -2.38. The minimum Gasteiger partial charge on any atom is -0.467 e. The van der Waals surface area contributed by atoms with Gasteiger partial charge in [0.2, 0.25) is 5.91 Å². The first-order valence-corrected chi connectivity index (χ1v) is 8.56. The highest BCUT2D eigenvalue weighted by Gasteiger charge is 2.31. The van der Waals surface area contributed by atoms with Gasteiger partial charge in [-0.05, 0) is 63.7 Å². The molecule has 0 N–H and O–H groups in total. The van der Waals surface area contributed by atoms with E-state index in [1.807, 2.05) is 36.1 Å². The van der Waals surface area contributed by atoms with Crippen LogP contribution in [-0.2, 0) is 11.3 Å². The summed E-state index contributed by atoms with van der Waals surface area (Å²) in [7, 11) is 2.13. The van der Waals surface area contributed by atoms with Crippen molar-refractivity contribution < 1.29 is 9.21 Å². The van der Waals surface area contributed by atoms with E-state index >= 15 is 0 Å². The number of carbonyl (C=O) groups excluding carboxylic acids is 1. The number of amides is 1. The molecule has 24 heavy (non-hydrogen) atoms. The molecule has 3 heterocycles. The molecule has 128 valence electrons. The Kier molecular flexibility index (Phi) is 5.30. The molecule has 1 saturated heterocycles. The predicted molar refractivity (Wildman–Crippen MR) is 92.4 cm³/mol. The minimum absolute atomic E-state index is 0.147. The van der Waals surface area contributed by atoms with Crippen molar-refractivity contribution in [3.05, 3.63) is 54.2 Å². The first kappa shape index (κ1) is 16.7. The van der Waals surface area contributed by atoms with Gasteiger partial charge in [-0.1, -0.05) is 6.07 Å². The first-order chi connectivity index (χ1) is 11.6. The molecule has 1 amide bonds. The molecular weight excluding hydrogens is 302 g/mol. The minimum atomic E-state index is -0.201. The lowest BCUT2D eigenvalue weighted by molar-refractivity contribution is -0.136.